The van der Waals surface area contributed by atoms with Crippen molar-refractivity contribution in [2.24, 2.45) is 0 Å². The minimum atomic E-state index is -4.56. The Morgan fingerprint density at radius 1 is 1.15 bits per heavy atom. The van der Waals surface area contributed by atoms with Crippen LogP contribution < -0.4 is 0 Å². The van der Waals surface area contributed by atoms with Gasteiger partial charge in [-0.25, -0.2) is 9.78 Å². The Morgan fingerprint density at radius 2 is 1.85 bits per heavy atom. The molecule has 0 aliphatic carbocycles. The minimum Gasteiger partial charge on any atom is -0.484 e. The molecular weight excluding hydrogens is 541 g/mol. The lowest BCUT2D eigenvalue weighted by molar-refractivity contribution is -0.139. The summed E-state index contributed by atoms with van der Waals surface area (Å²) in [5.74, 6) is -0.795. The maximum atomic E-state index is 13.6. The number of methoxy groups -OCH3 is 1. The number of hydrogen-bond donors (Lipinski definition) is 1. The lowest BCUT2D eigenvalue weighted by Crippen LogP contribution is -2.43. The van der Waals surface area contributed by atoms with Crippen molar-refractivity contribution in [3.63, 3.8) is 0 Å². The average molecular weight is 575 g/mol. The lowest BCUT2D eigenvalue weighted by Gasteiger charge is -2.32. The number of imidazole rings is 1. The number of rotatable bonds is 8. The van der Waals surface area contributed by atoms with Gasteiger partial charge in [-0.3, -0.25) is 4.90 Å². The first-order valence-corrected chi connectivity index (χ1v) is 13.3. The van der Waals surface area contributed by atoms with E-state index in [-0.39, 0.29) is 16.2 Å². The highest BCUT2D eigenvalue weighted by Gasteiger charge is 2.35. The number of piperazine rings is 1. The van der Waals surface area contributed by atoms with Gasteiger partial charge in [0.05, 0.1) is 23.7 Å². The van der Waals surface area contributed by atoms with Crippen LogP contribution in [0, 0.1) is 0 Å². The van der Waals surface area contributed by atoms with Crippen molar-refractivity contribution in [1.29, 1.82) is 0 Å². The molecule has 1 fully saturated rings. The number of hydrogen-bond acceptors (Lipinski definition) is 7. The average Bonchev–Trinajstić information content (AvgIpc) is 3.36. The molecule has 40 heavy (non-hydrogen) atoms. The van der Waals surface area contributed by atoms with Crippen molar-refractivity contribution in [2.75, 3.05) is 40.3 Å². The highest BCUT2D eigenvalue weighted by molar-refractivity contribution is 7.85. The molecule has 1 aromatic heterocycles. The van der Waals surface area contributed by atoms with Crippen LogP contribution in [0.15, 0.2) is 65.5 Å². The Kier molecular flexibility index (Phi) is 9.27. The van der Waals surface area contributed by atoms with Gasteiger partial charge in [0, 0.05) is 50.1 Å². The zero-order valence-corrected chi connectivity index (χ0v) is 23.8. The molecule has 2 heterocycles. The van der Waals surface area contributed by atoms with Gasteiger partial charge < -0.3 is 18.9 Å². The van der Waals surface area contributed by atoms with E-state index in [9.17, 15) is 18.0 Å². The van der Waals surface area contributed by atoms with Gasteiger partial charge >= 0.3 is 12.1 Å². The SMILES string of the molecule is COC(=O)/C(S)=C(/C=C(\C)n1cnc2ccc(CN3CCN(C)CC3)cc21)O[C@H](C)c1ccccc1C(F)(F)F. The summed E-state index contributed by atoms with van der Waals surface area (Å²) < 4.78 is 53.5. The Labute approximate surface area is 237 Å². The predicted octanol–water partition coefficient (Wildman–Crippen LogP) is 5.76. The number of benzene rings is 2. The van der Waals surface area contributed by atoms with Gasteiger partial charge in [-0.1, -0.05) is 24.3 Å². The molecule has 0 radical (unpaired) electrons. The van der Waals surface area contributed by atoms with Crippen molar-refractivity contribution in [3.05, 3.63) is 82.2 Å². The second kappa shape index (κ2) is 12.5. The van der Waals surface area contributed by atoms with Gasteiger partial charge in [0.25, 0.3) is 0 Å². The standard InChI is InChI=1S/C29H33F3N4O3S/c1-19(36-18-33-24-10-9-21(16-25(24)36)17-35-13-11-34(3)12-14-35)15-26(27(40)28(37)38-4)39-20(2)22-7-5-6-8-23(22)29(30,31)32/h5-10,15-16,18,20,40H,11-14,17H2,1-4H3/b19-15+,27-26+/t20-/m1/s1. The Bertz CT molecular complexity index is 1430. The smallest absolute Gasteiger partial charge is 0.416 e. The van der Waals surface area contributed by atoms with E-state index in [2.05, 4.69) is 46.6 Å². The number of halogens is 3. The number of likely N-dealkylation sites (N-methyl/N-ethyl adjacent to an activating group) is 1. The van der Waals surface area contributed by atoms with Crippen molar-refractivity contribution in [3.8, 4) is 0 Å². The molecule has 1 aliphatic heterocycles. The fraction of sp³-hybridized carbons (Fsp3) is 0.379. The summed E-state index contributed by atoms with van der Waals surface area (Å²) in [7, 11) is 3.32. The molecule has 0 N–H and O–H groups in total. The molecule has 0 unspecified atom stereocenters. The summed E-state index contributed by atoms with van der Waals surface area (Å²) >= 11 is 4.29. The highest BCUT2D eigenvalue weighted by Crippen LogP contribution is 2.37. The van der Waals surface area contributed by atoms with E-state index >= 15 is 0 Å². The van der Waals surface area contributed by atoms with Crippen LogP contribution in [0.5, 0.6) is 0 Å². The van der Waals surface area contributed by atoms with Crippen molar-refractivity contribution in [2.45, 2.75) is 32.7 Å². The number of esters is 1. The minimum absolute atomic E-state index is 0.0207. The van der Waals surface area contributed by atoms with Gasteiger partial charge in [0.1, 0.15) is 23.1 Å². The van der Waals surface area contributed by atoms with Crippen LogP contribution in [0.2, 0.25) is 0 Å². The Balaban J connectivity index is 1.66. The summed E-state index contributed by atoms with van der Waals surface area (Å²) in [4.78, 5) is 21.4. The maximum absolute atomic E-state index is 13.6. The van der Waals surface area contributed by atoms with Crippen LogP contribution in [0.1, 0.15) is 36.6 Å². The molecule has 0 spiro atoms. The van der Waals surface area contributed by atoms with Gasteiger partial charge in [-0.2, -0.15) is 13.2 Å². The summed E-state index contributed by atoms with van der Waals surface area (Å²) in [6.45, 7) is 8.13. The first-order valence-electron chi connectivity index (χ1n) is 12.9. The zero-order chi connectivity index (χ0) is 29.0. The normalized spacial score (nSPS) is 17.1. The second-order valence-electron chi connectivity index (χ2n) is 9.85. The number of aromatic nitrogens is 2. The fourth-order valence-electron chi connectivity index (χ4n) is 4.68. The Hall–Kier alpha value is -3.28. The molecule has 1 atom stereocenters. The number of nitrogens with zero attached hydrogens (tertiary/aromatic N) is 4. The summed E-state index contributed by atoms with van der Waals surface area (Å²) in [5, 5.41) is 0. The van der Waals surface area contributed by atoms with Crippen LogP contribution in [0.25, 0.3) is 16.7 Å². The van der Waals surface area contributed by atoms with Gasteiger partial charge in [-0.15, -0.1) is 12.6 Å². The summed E-state index contributed by atoms with van der Waals surface area (Å²) in [6.07, 6.45) is -2.39. The lowest BCUT2D eigenvalue weighted by atomic mass is 10.0. The third-order valence-corrected chi connectivity index (χ3v) is 7.36. The quantitative estimate of drug-likeness (QED) is 0.122. The first kappa shape index (κ1) is 29.7. The van der Waals surface area contributed by atoms with E-state index in [1.165, 1.54) is 32.2 Å². The van der Waals surface area contributed by atoms with E-state index in [1.807, 2.05) is 10.6 Å². The zero-order valence-electron chi connectivity index (χ0n) is 22.9. The molecule has 2 aromatic carbocycles. The second-order valence-corrected chi connectivity index (χ2v) is 10.3. The number of alkyl halides is 3. The molecular formula is C29H33F3N4O3S. The molecule has 1 saturated heterocycles. The molecule has 3 aromatic rings. The van der Waals surface area contributed by atoms with Crippen LogP contribution >= 0.6 is 12.6 Å². The van der Waals surface area contributed by atoms with E-state index in [1.54, 1.807) is 19.3 Å². The molecule has 214 valence electrons. The van der Waals surface area contributed by atoms with Crippen LogP contribution in [0.3, 0.4) is 0 Å². The molecule has 0 amide bonds. The summed E-state index contributed by atoms with van der Waals surface area (Å²) in [6, 6.07) is 11.3. The topological polar surface area (TPSA) is 59.8 Å². The predicted molar refractivity (Wildman–Crippen MR) is 151 cm³/mol. The monoisotopic (exact) mass is 574 g/mol. The van der Waals surface area contributed by atoms with Gasteiger partial charge in [0.15, 0.2) is 0 Å². The number of thiol groups is 1. The number of fused-ring (bicyclic) bond motifs is 1. The molecule has 1 aliphatic rings. The number of carbonyl (C=O) groups excluding carboxylic acids is 1. The van der Waals surface area contributed by atoms with Gasteiger partial charge in [0.2, 0.25) is 0 Å². The van der Waals surface area contributed by atoms with Crippen LogP contribution in [-0.2, 0) is 27.0 Å². The molecule has 7 nitrogen and oxygen atoms in total. The van der Waals surface area contributed by atoms with Crippen LogP contribution in [0.4, 0.5) is 13.2 Å². The molecule has 0 saturated carbocycles. The molecule has 4 rings (SSSR count). The van der Waals surface area contributed by atoms with Crippen molar-refractivity contribution < 1.29 is 27.4 Å². The fourth-order valence-corrected chi connectivity index (χ4v) is 4.88. The number of allylic oxidation sites excluding steroid dienone is 2. The van der Waals surface area contributed by atoms with Gasteiger partial charge in [-0.05, 0) is 44.7 Å². The van der Waals surface area contributed by atoms with E-state index < -0.39 is 23.8 Å². The molecule has 11 heteroatoms. The maximum Gasteiger partial charge on any atom is 0.416 e. The third kappa shape index (κ3) is 6.89. The van der Waals surface area contributed by atoms with Crippen molar-refractivity contribution >= 4 is 35.3 Å². The largest absolute Gasteiger partial charge is 0.484 e. The number of ether oxygens (including phenoxy) is 2. The Morgan fingerprint density at radius 3 is 2.52 bits per heavy atom. The third-order valence-electron chi connectivity index (χ3n) is 6.95. The van der Waals surface area contributed by atoms with E-state index in [4.69, 9.17) is 9.47 Å². The number of carbonyl (C=O) groups is 1. The highest BCUT2D eigenvalue weighted by atomic mass is 32.1. The molecule has 0 bridgehead atoms. The summed E-state index contributed by atoms with van der Waals surface area (Å²) in [5.41, 5.74) is 2.53. The first-order chi connectivity index (χ1) is 19.0. The van der Waals surface area contributed by atoms with Crippen LogP contribution in [-0.4, -0.2) is 65.7 Å². The van der Waals surface area contributed by atoms with E-state index in [0.29, 0.717) is 5.70 Å². The van der Waals surface area contributed by atoms with Crippen molar-refractivity contribution in [1.82, 2.24) is 19.4 Å². The van der Waals surface area contributed by atoms with E-state index in [0.717, 1.165) is 55.4 Å².